The van der Waals surface area contributed by atoms with Crippen LogP contribution < -0.4 is 5.73 Å². The lowest BCUT2D eigenvalue weighted by atomic mass is 9.60. The van der Waals surface area contributed by atoms with Gasteiger partial charge in [-0.25, -0.2) is 0 Å². The van der Waals surface area contributed by atoms with Gasteiger partial charge < -0.3 is 15.9 Å². The van der Waals surface area contributed by atoms with Gasteiger partial charge in [0, 0.05) is 0 Å². The number of allylic oxidation sites excluding steroid dienone is 2. The molecule has 2 aromatic carbocycles. The number of aryl methyl sites for hydroxylation is 1. The van der Waals surface area contributed by atoms with Gasteiger partial charge in [-0.1, -0.05) is 124 Å². The smallest absolute Gasteiger partial charge is 0.309 e. The molecule has 0 bridgehead atoms. The van der Waals surface area contributed by atoms with Gasteiger partial charge >= 0.3 is 5.97 Å². The maximum absolute atomic E-state index is 12.9. The molecule has 4 N–H and O–H groups in total. The van der Waals surface area contributed by atoms with Crippen LogP contribution in [-0.4, -0.2) is 28.8 Å². The van der Waals surface area contributed by atoms with Gasteiger partial charge in [0.25, 0.3) is 0 Å². The Morgan fingerprint density at radius 1 is 0.872 bits per heavy atom. The first-order valence-corrected chi connectivity index (χ1v) is 19.3. The third-order valence-electron chi connectivity index (χ3n) is 12.0. The van der Waals surface area contributed by atoms with E-state index >= 15 is 0 Å². The summed E-state index contributed by atoms with van der Waals surface area (Å²) in [4.78, 5) is 12.9. The highest BCUT2D eigenvalue weighted by Gasteiger charge is 2.44. The fourth-order valence-electron chi connectivity index (χ4n) is 9.26. The SMILES string of the molecule is C[C@H](O)[C@H](C(=O)O)C(CC1(c2ccccc2)CCCCC1)[C@H](CCN)CC[C@@H](CC=CCCC1CCCCC1)CCc1ccccc1. The number of aliphatic hydroxyl groups excluding tert-OH is 1. The fourth-order valence-corrected chi connectivity index (χ4v) is 9.26. The first-order valence-electron chi connectivity index (χ1n) is 19.3. The van der Waals surface area contributed by atoms with Crippen LogP contribution >= 0.6 is 0 Å². The predicted molar refractivity (Wildman–Crippen MR) is 196 cm³/mol. The summed E-state index contributed by atoms with van der Waals surface area (Å²) < 4.78 is 0. The van der Waals surface area contributed by atoms with Gasteiger partial charge in [-0.3, -0.25) is 4.79 Å². The van der Waals surface area contributed by atoms with Crippen molar-refractivity contribution in [3.8, 4) is 0 Å². The highest BCUT2D eigenvalue weighted by molar-refractivity contribution is 5.71. The van der Waals surface area contributed by atoms with E-state index in [0.29, 0.717) is 12.5 Å². The zero-order valence-electron chi connectivity index (χ0n) is 29.4. The number of carboxylic acid groups (broad SMARTS) is 1. The summed E-state index contributed by atoms with van der Waals surface area (Å²) in [6.45, 7) is 2.23. The highest BCUT2D eigenvalue weighted by atomic mass is 16.4. The van der Waals surface area contributed by atoms with Crippen molar-refractivity contribution in [3.63, 3.8) is 0 Å². The normalized spacial score (nSPS) is 20.4. The van der Waals surface area contributed by atoms with Crippen molar-refractivity contribution in [2.45, 2.75) is 140 Å². The molecule has 4 heteroatoms. The number of benzene rings is 2. The third kappa shape index (κ3) is 11.9. The molecule has 0 amide bonds. The number of hydrogen-bond acceptors (Lipinski definition) is 3. The monoisotopic (exact) mass is 643 g/mol. The molecule has 1 unspecified atom stereocenters. The van der Waals surface area contributed by atoms with Gasteiger partial charge in [0.2, 0.25) is 0 Å². The first kappa shape index (κ1) is 37.4. The van der Waals surface area contributed by atoms with Crippen molar-refractivity contribution in [2.24, 2.45) is 35.3 Å². The molecule has 4 rings (SSSR count). The van der Waals surface area contributed by atoms with E-state index in [1.54, 1.807) is 6.92 Å². The summed E-state index contributed by atoms with van der Waals surface area (Å²) in [5, 5.41) is 21.5. The van der Waals surface area contributed by atoms with Gasteiger partial charge in [-0.15, -0.1) is 0 Å². The molecule has 4 nitrogen and oxygen atoms in total. The average molecular weight is 644 g/mol. The molecule has 0 heterocycles. The summed E-state index contributed by atoms with van der Waals surface area (Å²) in [6.07, 6.45) is 26.2. The van der Waals surface area contributed by atoms with Crippen LogP contribution in [0.15, 0.2) is 72.8 Å². The lowest BCUT2D eigenvalue weighted by molar-refractivity contribution is -0.150. The van der Waals surface area contributed by atoms with Gasteiger partial charge in [0.1, 0.15) is 0 Å². The molecule has 0 aliphatic heterocycles. The number of aliphatic hydroxyl groups is 1. The maximum Gasteiger partial charge on any atom is 0.309 e. The van der Waals surface area contributed by atoms with E-state index in [1.165, 1.54) is 75.3 Å². The van der Waals surface area contributed by atoms with E-state index in [1.807, 2.05) is 0 Å². The second-order valence-electron chi connectivity index (χ2n) is 15.3. The van der Waals surface area contributed by atoms with E-state index in [0.717, 1.165) is 63.7 Å². The number of rotatable bonds is 20. The molecule has 5 atom stereocenters. The number of carbonyl (C=O) groups is 1. The quantitative estimate of drug-likeness (QED) is 0.125. The van der Waals surface area contributed by atoms with E-state index in [2.05, 4.69) is 72.8 Å². The molecule has 2 fully saturated rings. The summed E-state index contributed by atoms with van der Waals surface area (Å²) in [5.74, 6) is -0.183. The Labute approximate surface area is 286 Å². The largest absolute Gasteiger partial charge is 0.481 e. The van der Waals surface area contributed by atoms with E-state index in [4.69, 9.17) is 5.73 Å². The molecular weight excluding hydrogens is 578 g/mol. The van der Waals surface area contributed by atoms with E-state index in [-0.39, 0.29) is 17.3 Å². The second-order valence-corrected chi connectivity index (χ2v) is 15.3. The Kier molecular flexibility index (Phi) is 16.0. The molecule has 0 saturated heterocycles. The summed E-state index contributed by atoms with van der Waals surface area (Å²) in [7, 11) is 0. The predicted octanol–water partition coefficient (Wildman–Crippen LogP) is 10.3. The van der Waals surface area contributed by atoms with Crippen LogP contribution in [0.5, 0.6) is 0 Å². The zero-order valence-corrected chi connectivity index (χ0v) is 29.4. The zero-order chi connectivity index (χ0) is 33.3. The average Bonchev–Trinajstić information content (AvgIpc) is 3.09. The van der Waals surface area contributed by atoms with Crippen molar-refractivity contribution in [1.29, 1.82) is 0 Å². The van der Waals surface area contributed by atoms with Crippen LogP contribution in [0.3, 0.4) is 0 Å². The summed E-state index contributed by atoms with van der Waals surface area (Å²) in [6, 6.07) is 21.6. The Balaban J connectivity index is 1.52. The Hall–Kier alpha value is -2.43. The molecular formula is C43H65NO3. The van der Waals surface area contributed by atoms with Crippen molar-refractivity contribution in [2.75, 3.05) is 6.54 Å². The summed E-state index contributed by atoms with van der Waals surface area (Å²) >= 11 is 0. The molecule has 2 aliphatic carbocycles. The van der Waals surface area contributed by atoms with Crippen LogP contribution in [0, 0.1) is 29.6 Å². The number of carboxylic acids is 1. The van der Waals surface area contributed by atoms with E-state index in [9.17, 15) is 15.0 Å². The van der Waals surface area contributed by atoms with Gasteiger partial charge in [0.15, 0.2) is 0 Å². The van der Waals surface area contributed by atoms with Crippen molar-refractivity contribution >= 4 is 5.97 Å². The lowest BCUT2D eigenvalue weighted by Crippen LogP contribution is -2.43. The molecule has 0 spiro atoms. The summed E-state index contributed by atoms with van der Waals surface area (Å²) in [5.41, 5.74) is 8.97. The standard InChI is InChI=1S/C43H65NO3/c1-34(45)41(42(46)47)40(33-43(30-15-6-16-31-43)39-23-13-5-14-24-39)38(29-32-44)28-27-37(26-25-36-20-10-4-11-21-36)22-12-3-9-19-35-17-7-2-8-18-35/h3-5,10-14,20-21,23-24,34-35,37-38,40-41,45H,2,6-9,15-19,22,25-33,44H2,1H3,(H,46,47)/t34-,37-,38-,40?,41-/m0/s1. The van der Waals surface area contributed by atoms with Crippen LogP contribution in [0.2, 0.25) is 0 Å². The van der Waals surface area contributed by atoms with Crippen molar-refractivity contribution < 1.29 is 15.0 Å². The molecule has 260 valence electrons. The minimum absolute atomic E-state index is 0.0482. The molecule has 2 saturated carbocycles. The topological polar surface area (TPSA) is 83.5 Å². The first-order chi connectivity index (χ1) is 22.9. The Morgan fingerprint density at radius 3 is 2.17 bits per heavy atom. The number of aliphatic carboxylic acids is 1. The number of nitrogens with two attached hydrogens (primary N) is 1. The molecule has 0 radical (unpaired) electrons. The highest BCUT2D eigenvalue weighted by Crippen LogP contribution is 2.48. The molecule has 0 aromatic heterocycles. The minimum Gasteiger partial charge on any atom is -0.481 e. The third-order valence-corrected chi connectivity index (χ3v) is 12.0. The molecule has 2 aliphatic rings. The van der Waals surface area contributed by atoms with Crippen molar-refractivity contribution in [3.05, 3.63) is 83.9 Å². The van der Waals surface area contributed by atoms with Crippen LogP contribution in [0.1, 0.15) is 134 Å². The number of hydrogen-bond donors (Lipinski definition) is 3. The Bertz CT molecular complexity index is 1150. The van der Waals surface area contributed by atoms with Crippen molar-refractivity contribution in [1.82, 2.24) is 0 Å². The van der Waals surface area contributed by atoms with Crippen LogP contribution in [0.25, 0.3) is 0 Å². The van der Waals surface area contributed by atoms with Gasteiger partial charge in [-0.2, -0.15) is 0 Å². The second kappa shape index (κ2) is 20.2. The van der Waals surface area contributed by atoms with Crippen LogP contribution in [-0.2, 0) is 16.6 Å². The van der Waals surface area contributed by atoms with Gasteiger partial charge in [0.05, 0.1) is 12.0 Å². The van der Waals surface area contributed by atoms with Gasteiger partial charge in [-0.05, 0) is 124 Å². The molecule has 47 heavy (non-hydrogen) atoms. The van der Waals surface area contributed by atoms with Crippen LogP contribution in [0.4, 0.5) is 0 Å². The maximum atomic E-state index is 12.9. The fraction of sp³-hybridized carbons (Fsp3) is 0.651. The minimum atomic E-state index is -0.907. The Morgan fingerprint density at radius 2 is 1.53 bits per heavy atom. The van der Waals surface area contributed by atoms with E-state index < -0.39 is 18.0 Å². The molecule has 2 aromatic rings. The lowest BCUT2D eigenvalue weighted by Gasteiger charge is -2.44.